The largest absolute Gasteiger partial charge is 0.495 e. The minimum Gasteiger partial charge on any atom is -0.495 e. The second-order valence-electron chi connectivity index (χ2n) is 4.14. The molecular formula is C13H12BrClN2O4. The summed E-state index contributed by atoms with van der Waals surface area (Å²) in [5.74, 6) is -0.460. The van der Waals surface area contributed by atoms with Gasteiger partial charge in [-0.15, -0.1) is 0 Å². The molecule has 2 amide bonds. The van der Waals surface area contributed by atoms with Crippen molar-refractivity contribution in [2.24, 2.45) is 0 Å². The highest BCUT2D eigenvalue weighted by molar-refractivity contribution is 9.10. The van der Waals surface area contributed by atoms with Gasteiger partial charge in [0.05, 0.1) is 35.4 Å². The van der Waals surface area contributed by atoms with E-state index in [4.69, 9.17) is 21.4 Å². The Kier molecular flexibility index (Phi) is 4.87. The fourth-order valence-electron chi connectivity index (χ4n) is 1.85. The third-order valence-corrected chi connectivity index (χ3v) is 3.97. The Bertz CT molecular complexity index is 633. The van der Waals surface area contributed by atoms with Crippen LogP contribution in [0.5, 0.6) is 5.75 Å². The van der Waals surface area contributed by atoms with Crippen molar-refractivity contribution < 1.29 is 19.4 Å². The van der Waals surface area contributed by atoms with Crippen molar-refractivity contribution in [2.75, 3.05) is 25.6 Å². The molecule has 0 aliphatic carbocycles. The molecule has 0 radical (unpaired) electrons. The number of ether oxygens (including phenoxy) is 1. The number of imide groups is 1. The van der Waals surface area contributed by atoms with Gasteiger partial charge in [0.1, 0.15) is 11.4 Å². The third-order valence-electron chi connectivity index (χ3n) is 2.87. The Morgan fingerprint density at radius 3 is 2.76 bits per heavy atom. The van der Waals surface area contributed by atoms with Crippen LogP contribution in [-0.2, 0) is 9.59 Å². The van der Waals surface area contributed by atoms with E-state index >= 15 is 0 Å². The summed E-state index contributed by atoms with van der Waals surface area (Å²) < 4.78 is 5.69. The summed E-state index contributed by atoms with van der Waals surface area (Å²) in [7, 11) is 1.50. The van der Waals surface area contributed by atoms with E-state index in [-0.39, 0.29) is 18.8 Å². The number of rotatable bonds is 5. The Morgan fingerprint density at radius 2 is 2.14 bits per heavy atom. The Labute approximate surface area is 134 Å². The number of hydrogen-bond acceptors (Lipinski definition) is 5. The molecule has 0 atom stereocenters. The van der Waals surface area contributed by atoms with Crippen LogP contribution < -0.4 is 10.1 Å². The van der Waals surface area contributed by atoms with Gasteiger partial charge in [0, 0.05) is 6.08 Å². The highest BCUT2D eigenvalue weighted by atomic mass is 79.9. The maximum absolute atomic E-state index is 12.1. The van der Waals surface area contributed by atoms with Crippen LogP contribution in [0.1, 0.15) is 0 Å². The summed E-state index contributed by atoms with van der Waals surface area (Å²) in [6.45, 7) is -0.339. The maximum atomic E-state index is 12.1. The summed E-state index contributed by atoms with van der Waals surface area (Å²) in [5.41, 5.74) is 0.513. The first-order valence-corrected chi connectivity index (χ1v) is 7.14. The number of carbonyl (C=O) groups is 2. The van der Waals surface area contributed by atoms with Gasteiger partial charge >= 0.3 is 0 Å². The van der Waals surface area contributed by atoms with Crippen molar-refractivity contribution in [3.05, 3.63) is 33.4 Å². The number of nitrogens with one attached hydrogen (secondary N) is 1. The van der Waals surface area contributed by atoms with Gasteiger partial charge in [-0.25, -0.2) is 0 Å². The Hall–Kier alpha value is -1.57. The zero-order chi connectivity index (χ0) is 15.6. The van der Waals surface area contributed by atoms with Gasteiger partial charge < -0.3 is 15.2 Å². The van der Waals surface area contributed by atoms with E-state index in [9.17, 15) is 9.59 Å². The second-order valence-corrected chi connectivity index (χ2v) is 5.34. The summed E-state index contributed by atoms with van der Waals surface area (Å²) >= 11 is 9.42. The molecule has 2 rings (SSSR count). The first kappa shape index (κ1) is 15.8. The van der Waals surface area contributed by atoms with Gasteiger partial charge in [-0.3, -0.25) is 14.5 Å². The number of aliphatic hydroxyl groups excluding tert-OH is 1. The number of amides is 2. The molecule has 112 valence electrons. The molecule has 1 aliphatic rings. The van der Waals surface area contributed by atoms with Crippen molar-refractivity contribution in [1.82, 2.24) is 4.90 Å². The molecule has 1 aliphatic heterocycles. The second kappa shape index (κ2) is 6.46. The monoisotopic (exact) mass is 374 g/mol. The van der Waals surface area contributed by atoms with E-state index in [2.05, 4.69) is 21.2 Å². The van der Waals surface area contributed by atoms with Gasteiger partial charge in [0.15, 0.2) is 0 Å². The lowest BCUT2D eigenvalue weighted by Crippen LogP contribution is -2.34. The van der Waals surface area contributed by atoms with Crippen molar-refractivity contribution in [1.29, 1.82) is 0 Å². The minimum absolute atomic E-state index is 0.0492. The molecule has 1 heterocycles. The number of halogens is 2. The lowest BCUT2D eigenvalue weighted by Gasteiger charge is -2.15. The van der Waals surface area contributed by atoms with Gasteiger partial charge in [0.2, 0.25) is 0 Å². The van der Waals surface area contributed by atoms with Crippen LogP contribution in [0.3, 0.4) is 0 Å². The first-order chi connectivity index (χ1) is 9.99. The number of carbonyl (C=O) groups excluding carboxylic acids is 2. The van der Waals surface area contributed by atoms with Gasteiger partial charge in [-0.1, -0.05) is 11.6 Å². The predicted molar refractivity (Wildman–Crippen MR) is 81.2 cm³/mol. The van der Waals surface area contributed by atoms with Crippen molar-refractivity contribution in [3.63, 3.8) is 0 Å². The van der Waals surface area contributed by atoms with Crippen LogP contribution in [0.4, 0.5) is 5.69 Å². The van der Waals surface area contributed by atoms with E-state index in [1.807, 2.05) is 0 Å². The quantitative estimate of drug-likeness (QED) is 0.767. The van der Waals surface area contributed by atoms with Crippen LogP contribution in [0.25, 0.3) is 0 Å². The topological polar surface area (TPSA) is 78.9 Å². The molecule has 0 aromatic heterocycles. The summed E-state index contributed by atoms with van der Waals surface area (Å²) in [6.07, 6.45) is 1.17. The van der Waals surface area contributed by atoms with Crippen LogP contribution in [0.15, 0.2) is 28.4 Å². The van der Waals surface area contributed by atoms with Gasteiger partial charge in [0.25, 0.3) is 11.8 Å². The number of hydrogen-bond donors (Lipinski definition) is 2. The summed E-state index contributed by atoms with van der Waals surface area (Å²) in [6, 6.07) is 3.28. The molecule has 0 bridgehead atoms. The number of nitrogens with zero attached hydrogens (tertiary/aromatic N) is 1. The zero-order valence-corrected chi connectivity index (χ0v) is 13.4. The molecule has 6 nitrogen and oxygen atoms in total. The molecule has 0 saturated heterocycles. The fourth-order valence-corrected chi connectivity index (χ4v) is 2.78. The van der Waals surface area contributed by atoms with Crippen molar-refractivity contribution in [3.8, 4) is 5.75 Å². The molecule has 2 N–H and O–H groups in total. The molecule has 1 aromatic carbocycles. The molecule has 0 unspecified atom stereocenters. The highest BCUT2D eigenvalue weighted by Gasteiger charge is 2.31. The molecule has 0 spiro atoms. The lowest BCUT2D eigenvalue weighted by molar-refractivity contribution is -0.137. The fraction of sp³-hybridized carbons (Fsp3) is 0.231. The highest BCUT2D eigenvalue weighted by Crippen LogP contribution is 2.39. The van der Waals surface area contributed by atoms with Crippen LogP contribution >= 0.6 is 27.5 Å². The van der Waals surface area contributed by atoms with E-state index in [1.165, 1.54) is 13.2 Å². The zero-order valence-electron chi connectivity index (χ0n) is 11.0. The predicted octanol–water partition coefficient (Wildman–Crippen LogP) is 1.77. The maximum Gasteiger partial charge on any atom is 0.277 e. The number of anilines is 1. The standard InChI is InChI=1S/C13H12BrClN2O4/c1-21-9-3-2-7(15)12(11(9)14)16-8-6-10(19)17(4-5-18)13(8)20/h2-3,6,16,18H,4-5H2,1H3. The first-order valence-electron chi connectivity index (χ1n) is 5.97. The van der Waals surface area contributed by atoms with Crippen molar-refractivity contribution in [2.45, 2.75) is 0 Å². The summed E-state index contributed by atoms with van der Waals surface area (Å²) in [4.78, 5) is 24.7. The minimum atomic E-state index is -0.514. The Morgan fingerprint density at radius 1 is 1.43 bits per heavy atom. The number of β-amino-alcohol motifs (C(OH)–C–C–N with tert-alkyl or cyclic N) is 1. The lowest BCUT2D eigenvalue weighted by atomic mass is 10.2. The average molecular weight is 376 g/mol. The van der Waals surface area contributed by atoms with Gasteiger partial charge in [-0.2, -0.15) is 0 Å². The molecule has 0 fully saturated rings. The number of methoxy groups -OCH3 is 1. The van der Waals surface area contributed by atoms with Crippen LogP contribution in [-0.4, -0.2) is 42.1 Å². The van der Waals surface area contributed by atoms with E-state index < -0.39 is 11.8 Å². The van der Waals surface area contributed by atoms with E-state index in [1.54, 1.807) is 12.1 Å². The normalized spacial score (nSPS) is 14.5. The van der Waals surface area contributed by atoms with Gasteiger partial charge in [-0.05, 0) is 28.1 Å². The van der Waals surface area contributed by atoms with Crippen LogP contribution in [0, 0.1) is 0 Å². The number of benzene rings is 1. The Balaban J connectivity index is 2.30. The molecule has 8 heteroatoms. The molecule has 0 saturated carbocycles. The van der Waals surface area contributed by atoms with E-state index in [0.29, 0.717) is 20.9 Å². The molecule has 1 aromatic rings. The summed E-state index contributed by atoms with van der Waals surface area (Å²) in [5, 5.41) is 12.1. The third kappa shape index (κ3) is 3.04. The van der Waals surface area contributed by atoms with Crippen molar-refractivity contribution >= 4 is 45.0 Å². The van der Waals surface area contributed by atoms with Crippen LogP contribution in [0.2, 0.25) is 5.02 Å². The molecular weight excluding hydrogens is 364 g/mol. The SMILES string of the molecule is COc1ccc(Cl)c(NC2=CC(=O)N(CCO)C2=O)c1Br. The smallest absolute Gasteiger partial charge is 0.277 e. The number of aliphatic hydroxyl groups is 1. The van der Waals surface area contributed by atoms with E-state index in [0.717, 1.165) is 4.90 Å². The average Bonchev–Trinajstić information content (AvgIpc) is 2.71. The molecule has 21 heavy (non-hydrogen) atoms.